The second-order valence-electron chi connectivity index (χ2n) is 5.19. The van der Waals surface area contributed by atoms with Crippen LogP contribution in [0.1, 0.15) is 45.8 Å². The Bertz CT molecular complexity index is 410. The molecule has 0 aromatic carbocycles. The van der Waals surface area contributed by atoms with Crippen molar-refractivity contribution in [3.8, 4) is 0 Å². The van der Waals surface area contributed by atoms with E-state index in [1.807, 2.05) is 6.07 Å². The summed E-state index contributed by atoms with van der Waals surface area (Å²) in [6.45, 7) is 4.93. The minimum atomic E-state index is 0.0906. The molecule has 0 bridgehead atoms. The first-order valence-electron chi connectivity index (χ1n) is 6.55. The number of aryl methyl sites for hydroxylation is 2. The van der Waals surface area contributed by atoms with Gasteiger partial charge in [-0.25, -0.2) is 0 Å². The largest absolute Gasteiger partial charge is 0.351 e. The molecule has 2 unspecified atom stereocenters. The Hall–Kier alpha value is -0.350. The maximum absolute atomic E-state index is 12.0. The zero-order chi connectivity index (χ0) is 13.1. The minimum Gasteiger partial charge on any atom is -0.351 e. The van der Waals surface area contributed by atoms with Crippen molar-refractivity contribution in [2.75, 3.05) is 6.54 Å². The number of amides is 1. The van der Waals surface area contributed by atoms with E-state index in [2.05, 4.69) is 35.1 Å². The highest BCUT2D eigenvalue weighted by Gasteiger charge is 2.20. The van der Waals surface area contributed by atoms with Gasteiger partial charge in [-0.15, -0.1) is 11.3 Å². The molecule has 2 nitrogen and oxygen atoms in total. The average Bonchev–Trinajstić information content (AvgIpc) is 2.67. The van der Waals surface area contributed by atoms with Crippen molar-refractivity contribution >= 4 is 33.2 Å². The molecule has 0 saturated heterocycles. The van der Waals surface area contributed by atoms with Crippen molar-refractivity contribution < 1.29 is 4.79 Å². The van der Waals surface area contributed by atoms with Crippen molar-refractivity contribution in [1.29, 1.82) is 0 Å². The van der Waals surface area contributed by atoms with Gasteiger partial charge in [-0.3, -0.25) is 4.79 Å². The van der Waals surface area contributed by atoms with Crippen LogP contribution in [0.25, 0.3) is 0 Å². The molecule has 1 N–H and O–H groups in total. The van der Waals surface area contributed by atoms with Crippen LogP contribution in [0, 0.1) is 19.8 Å². The van der Waals surface area contributed by atoms with Gasteiger partial charge in [0.25, 0.3) is 5.91 Å². The summed E-state index contributed by atoms with van der Waals surface area (Å²) >= 11 is 5.27. The van der Waals surface area contributed by atoms with Crippen LogP contribution >= 0.6 is 27.3 Å². The van der Waals surface area contributed by atoms with Crippen LogP contribution in [-0.4, -0.2) is 17.3 Å². The lowest BCUT2D eigenvalue weighted by molar-refractivity contribution is 0.0948. The molecule has 0 aliphatic heterocycles. The molecule has 2 rings (SSSR count). The highest BCUT2D eigenvalue weighted by Crippen LogP contribution is 2.28. The van der Waals surface area contributed by atoms with Gasteiger partial charge >= 0.3 is 0 Å². The maximum Gasteiger partial charge on any atom is 0.261 e. The maximum atomic E-state index is 12.0. The molecule has 1 heterocycles. The molecule has 4 heteroatoms. The molecule has 1 amide bonds. The molecule has 0 spiro atoms. The van der Waals surface area contributed by atoms with E-state index in [1.54, 1.807) is 11.3 Å². The minimum absolute atomic E-state index is 0.0906. The third-order valence-corrected chi connectivity index (χ3v) is 5.64. The van der Waals surface area contributed by atoms with Gasteiger partial charge in [0, 0.05) is 16.2 Å². The topological polar surface area (TPSA) is 29.1 Å². The van der Waals surface area contributed by atoms with Gasteiger partial charge in [0.05, 0.1) is 4.88 Å². The van der Waals surface area contributed by atoms with Crippen LogP contribution in [0.4, 0.5) is 0 Å². The van der Waals surface area contributed by atoms with E-state index in [0.29, 0.717) is 10.7 Å². The van der Waals surface area contributed by atoms with Crippen LogP contribution in [-0.2, 0) is 0 Å². The summed E-state index contributed by atoms with van der Waals surface area (Å²) in [5.74, 6) is 0.724. The lowest BCUT2D eigenvalue weighted by Crippen LogP contribution is -2.31. The summed E-state index contributed by atoms with van der Waals surface area (Å²) in [5, 5.41) is 3.08. The predicted octanol–water partition coefficient (Wildman–Crippen LogP) is 4.05. The zero-order valence-corrected chi connectivity index (χ0v) is 13.4. The normalized spacial score (nSPS) is 23.9. The van der Waals surface area contributed by atoms with Crippen LogP contribution in [0.15, 0.2) is 6.07 Å². The fourth-order valence-electron chi connectivity index (χ4n) is 2.42. The molecule has 18 heavy (non-hydrogen) atoms. The number of carbonyl (C=O) groups excluding carboxylic acids is 1. The van der Waals surface area contributed by atoms with Crippen molar-refractivity contribution in [1.82, 2.24) is 5.32 Å². The molecular formula is C14H20BrNOS. The summed E-state index contributed by atoms with van der Waals surface area (Å²) in [4.78, 5) is 14.7. The molecule has 1 saturated carbocycles. The van der Waals surface area contributed by atoms with E-state index in [1.165, 1.54) is 36.1 Å². The first-order valence-corrected chi connectivity index (χ1v) is 8.28. The van der Waals surface area contributed by atoms with E-state index in [-0.39, 0.29) is 5.91 Å². The predicted molar refractivity (Wildman–Crippen MR) is 80.8 cm³/mol. The van der Waals surface area contributed by atoms with Gasteiger partial charge < -0.3 is 5.32 Å². The zero-order valence-electron chi connectivity index (χ0n) is 11.0. The number of hydrogen-bond acceptors (Lipinski definition) is 2. The van der Waals surface area contributed by atoms with E-state index in [0.717, 1.165) is 11.4 Å². The Morgan fingerprint density at radius 3 is 2.89 bits per heavy atom. The van der Waals surface area contributed by atoms with Gasteiger partial charge in [0.2, 0.25) is 0 Å². The number of hydrogen-bond donors (Lipinski definition) is 1. The number of carbonyl (C=O) groups is 1. The second-order valence-corrected chi connectivity index (χ2v) is 7.74. The monoisotopic (exact) mass is 329 g/mol. The van der Waals surface area contributed by atoms with E-state index in [4.69, 9.17) is 0 Å². The van der Waals surface area contributed by atoms with Crippen molar-refractivity contribution in [2.45, 2.75) is 44.4 Å². The Morgan fingerprint density at radius 1 is 1.50 bits per heavy atom. The third kappa shape index (κ3) is 3.58. The SMILES string of the molecule is Cc1cc(C(=O)NCC2CCCC(Br)C2)sc1C. The summed E-state index contributed by atoms with van der Waals surface area (Å²) in [5.41, 5.74) is 1.21. The van der Waals surface area contributed by atoms with Gasteiger partial charge in [0.15, 0.2) is 0 Å². The van der Waals surface area contributed by atoms with Crippen LogP contribution in [0.5, 0.6) is 0 Å². The fraction of sp³-hybridized carbons (Fsp3) is 0.643. The summed E-state index contributed by atoms with van der Waals surface area (Å²) in [7, 11) is 0. The lowest BCUT2D eigenvalue weighted by Gasteiger charge is -2.25. The number of alkyl halides is 1. The molecule has 1 fully saturated rings. The summed E-state index contributed by atoms with van der Waals surface area (Å²) in [6.07, 6.45) is 4.97. The van der Waals surface area contributed by atoms with Crippen molar-refractivity contribution in [3.05, 3.63) is 21.4 Å². The van der Waals surface area contributed by atoms with Gasteiger partial charge in [-0.2, -0.15) is 0 Å². The summed E-state index contributed by atoms with van der Waals surface area (Å²) in [6, 6.07) is 1.99. The Morgan fingerprint density at radius 2 is 2.28 bits per heavy atom. The van der Waals surface area contributed by atoms with E-state index >= 15 is 0 Å². The number of rotatable bonds is 3. The third-order valence-electron chi connectivity index (χ3n) is 3.66. The van der Waals surface area contributed by atoms with E-state index in [9.17, 15) is 4.79 Å². The molecule has 1 aromatic rings. The smallest absolute Gasteiger partial charge is 0.261 e. The highest BCUT2D eigenvalue weighted by molar-refractivity contribution is 9.09. The Balaban J connectivity index is 1.84. The van der Waals surface area contributed by atoms with Crippen molar-refractivity contribution in [2.24, 2.45) is 5.92 Å². The Kier molecular flexibility index (Phi) is 4.84. The van der Waals surface area contributed by atoms with Gasteiger partial charge in [-0.05, 0) is 50.7 Å². The second kappa shape index (κ2) is 6.20. The number of thiophene rings is 1. The first-order chi connectivity index (χ1) is 8.56. The van der Waals surface area contributed by atoms with Gasteiger partial charge in [-0.1, -0.05) is 22.4 Å². The van der Waals surface area contributed by atoms with Crippen LogP contribution in [0.3, 0.4) is 0 Å². The molecule has 1 aliphatic carbocycles. The van der Waals surface area contributed by atoms with E-state index < -0.39 is 0 Å². The molecule has 1 aliphatic rings. The van der Waals surface area contributed by atoms with Gasteiger partial charge in [0.1, 0.15) is 0 Å². The van der Waals surface area contributed by atoms with Crippen molar-refractivity contribution in [3.63, 3.8) is 0 Å². The number of halogens is 1. The molecule has 2 atom stereocenters. The molecular weight excluding hydrogens is 310 g/mol. The summed E-state index contributed by atoms with van der Waals surface area (Å²) < 4.78 is 0. The molecule has 100 valence electrons. The van der Waals surface area contributed by atoms with Crippen LogP contribution in [0.2, 0.25) is 0 Å². The fourth-order valence-corrected chi connectivity index (χ4v) is 4.22. The van der Waals surface area contributed by atoms with Crippen LogP contribution < -0.4 is 5.32 Å². The highest BCUT2D eigenvalue weighted by atomic mass is 79.9. The molecule has 1 aromatic heterocycles. The first kappa shape index (κ1) is 14.1. The Labute approximate surface area is 121 Å². The number of nitrogens with one attached hydrogen (secondary N) is 1. The molecule has 0 radical (unpaired) electrons. The average molecular weight is 330 g/mol. The quantitative estimate of drug-likeness (QED) is 0.833. The standard InChI is InChI=1S/C14H20BrNOS/c1-9-6-13(18-10(9)2)14(17)16-8-11-4-3-5-12(15)7-11/h6,11-12H,3-5,7-8H2,1-2H3,(H,16,17). The lowest BCUT2D eigenvalue weighted by atomic mass is 9.89.